The van der Waals surface area contributed by atoms with Crippen LogP contribution in [0.1, 0.15) is 24.4 Å². The summed E-state index contributed by atoms with van der Waals surface area (Å²) in [6, 6.07) is 5.63. The highest BCUT2D eigenvalue weighted by atomic mass is 35.5. The Kier molecular flexibility index (Phi) is 4.64. The van der Waals surface area contributed by atoms with Gasteiger partial charge in [-0.1, -0.05) is 30.1 Å². The molecule has 18 heavy (non-hydrogen) atoms. The Balaban J connectivity index is 2.21. The molecule has 2 rings (SSSR count). The SMILES string of the molecule is CCNC(Cc1cc(Cl)ccc1Cl)c1ncc[nH]1. The molecule has 96 valence electrons. The van der Waals surface area contributed by atoms with E-state index in [-0.39, 0.29) is 6.04 Å². The number of nitrogens with zero attached hydrogens (tertiary/aromatic N) is 1. The molecular formula is C13H15Cl2N3. The number of rotatable bonds is 5. The van der Waals surface area contributed by atoms with E-state index in [1.807, 2.05) is 18.3 Å². The molecule has 1 aromatic heterocycles. The molecule has 0 bridgehead atoms. The molecule has 3 nitrogen and oxygen atoms in total. The van der Waals surface area contributed by atoms with Gasteiger partial charge in [0.1, 0.15) is 5.82 Å². The van der Waals surface area contributed by atoms with E-state index in [1.165, 1.54) is 0 Å². The van der Waals surface area contributed by atoms with Gasteiger partial charge in [0.05, 0.1) is 6.04 Å². The van der Waals surface area contributed by atoms with Crippen molar-refractivity contribution in [1.29, 1.82) is 0 Å². The average Bonchev–Trinajstić information content (AvgIpc) is 2.87. The van der Waals surface area contributed by atoms with Crippen molar-refractivity contribution < 1.29 is 0 Å². The molecule has 0 aliphatic heterocycles. The quantitative estimate of drug-likeness (QED) is 0.880. The summed E-state index contributed by atoms with van der Waals surface area (Å²) in [5.74, 6) is 0.910. The van der Waals surface area contributed by atoms with Crippen LogP contribution >= 0.6 is 23.2 Å². The zero-order valence-electron chi connectivity index (χ0n) is 10.1. The molecule has 0 saturated carbocycles. The Hall–Kier alpha value is -1.03. The summed E-state index contributed by atoms with van der Waals surface area (Å²) in [5, 5.41) is 4.81. The molecule has 5 heteroatoms. The number of likely N-dealkylation sites (N-methyl/N-ethyl adjacent to an activating group) is 1. The molecule has 1 heterocycles. The zero-order chi connectivity index (χ0) is 13.0. The molecule has 0 amide bonds. The molecule has 0 aliphatic carbocycles. The van der Waals surface area contributed by atoms with Crippen molar-refractivity contribution in [3.8, 4) is 0 Å². The lowest BCUT2D eigenvalue weighted by Gasteiger charge is -2.16. The first-order chi connectivity index (χ1) is 8.70. The minimum Gasteiger partial charge on any atom is -0.347 e. The van der Waals surface area contributed by atoms with Gasteiger partial charge in [-0.2, -0.15) is 0 Å². The van der Waals surface area contributed by atoms with Crippen molar-refractivity contribution in [2.75, 3.05) is 6.54 Å². The van der Waals surface area contributed by atoms with E-state index in [2.05, 4.69) is 22.2 Å². The topological polar surface area (TPSA) is 40.7 Å². The van der Waals surface area contributed by atoms with Gasteiger partial charge in [-0.3, -0.25) is 0 Å². The van der Waals surface area contributed by atoms with Crippen LogP contribution < -0.4 is 5.32 Å². The molecule has 2 N–H and O–H groups in total. The summed E-state index contributed by atoms with van der Waals surface area (Å²) in [4.78, 5) is 7.42. The summed E-state index contributed by atoms with van der Waals surface area (Å²) in [6.45, 7) is 2.93. The molecule has 0 aliphatic rings. The first-order valence-electron chi connectivity index (χ1n) is 5.87. The van der Waals surface area contributed by atoms with E-state index in [0.717, 1.165) is 29.4 Å². The Morgan fingerprint density at radius 3 is 2.89 bits per heavy atom. The Bertz CT molecular complexity index is 497. The maximum Gasteiger partial charge on any atom is 0.123 e. The number of aromatic amines is 1. The van der Waals surface area contributed by atoms with E-state index >= 15 is 0 Å². The summed E-state index contributed by atoms with van der Waals surface area (Å²) in [7, 11) is 0. The molecular weight excluding hydrogens is 269 g/mol. The van der Waals surface area contributed by atoms with Crippen LogP contribution in [0, 0.1) is 0 Å². The standard InChI is InChI=1S/C13H15Cl2N3/c1-2-16-12(13-17-5-6-18-13)8-9-7-10(14)3-4-11(9)15/h3-7,12,16H,2,8H2,1H3,(H,17,18). The lowest BCUT2D eigenvalue weighted by molar-refractivity contribution is 0.526. The number of H-pyrrole nitrogens is 1. The van der Waals surface area contributed by atoms with Crippen molar-refractivity contribution in [1.82, 2.24) is 15.3 Å². The van der Waals surface area contributed by atoms with Crippen LogP contribution in [0.2, 0.25) is 10.0 Å². The normalized spacial score (nSPS) is 12.6. The molecule has 0 saturated heterocycles. The molecule has 2 aromatic rings. The van der Waals surface area contributed by atoms with Crippen LogP contribution in [-0.2, 0) is 6.42 Å². The van der Waals surface area contributed by atoms with Gasteiger partial charge in [-0.05, 0) is 36.7 Å². The monoisotopic (exact) mass is 283 g/mol. The number of hydrogen-bond acceptors (Lipinski definition) is 2. The number of nitrogens with one attached hydrogen (secondary N) is 2. The molecule has 1 atom stereocenters. The largest absolute Gasteiger partial charge is 0.347 e. The minimum absolute atomic E-state index is 0.112. The summed E-state index contributed by atoms with van der Waals surface area (Å²) >= 11 is 12.2. The van der Waals surface area contributed by atoms with Crippen LogP contribution in [0.15, 0.2) is 30.6 Å². The number of benzene rings is 1. The van der Waals surface area contributed by atoms with Crippen LogP contribution in [0.5, 0.6) is 0 Å². The first kappa shape index (κ1) is 13.4. The summed E-state index contributed by atoms with van der Waals surface area (Å²) < 4.78 is 0. The fourth-order valence-electron chi connectivity index (χ4n) is 1.90. The summed E-state index contributed by atoms with van der Waals surface area (Å²) in [5.41, 5.74) is 1.02. The first-order valence-corrected chi connectivity index (χ1v) is 6.63. The second-order valence-electron chi connectivity index (χ2n) is 4.02. The number of aromatic nitrogens is 2. The van der Waals surface area contributed by atoms with Gasteiger partial charge in [0, 0.05) is 22.4 Å². The predicted octanol–water partition coefficient (Wildman–Crippen LogP) is 3.61. The smallest absolute Gasteiger partial charge is 0.123 e. The van der Waals surface area contributed by atoms with E-state index in [1.54, 1.807) is 12.3 Å². The van der Waals surface area contributed by atoms with Gasteiger partial charge in [-0.25, -0.2) is 4.98 Å². The maximum atomic E-state index is 6.18. The predicted molar refractivity (Wildman–Crippen MR) is 75.2 cm³/mol. The molecule has 0 spiro atoms. The van der Waals surface area contributed by atoms with Crippen molar-refractivity contribution >= 4 is 23.2 Å². The third kappa shape index (κ3) is 3.25. The fourth-order valence-corrected chi connectivity index (χ4v) is 2.29. The van der Waals surface area contributed by atoms with Gasteiger partial charge in [0.25, 0.3) is 0 Å². The van der Waals surface area contributed by atoms with Gasteiger partial charge >= 0.3 is 0 Å². The zero-order valence-corrected chi connectivity index (χ0v) is 11.6. The third-order valence-corrected chi connectivity index (χ3v) is 3.34. The Labute approximate surface area is 117 Å². The van der Waals surface area contributed by atoms with Crippen LogP contribution in [0.3, 0.4) is 0 Å². The fraction of sp³-hybridized carbons (Fsp3) is 0.308. The van der Waals surface area contributed by atoms with Crippen LogP contribution in [0.4, 0.5) is 0 Å². The second-order valence-corrected chi connectivity index (χ2v) is 4.87. The minimum atomic E-state index is 0.112. The van der Waals surface area contributed by atoms with Gasteiger partial charge in [0.2, 0.25) is 0 Å². The van der Waals surface area contributed by atoms with Gasteiger partial charge < -0.3 is 10.3 Å². The number of hydrogen-bond donors (Lipinski definition) is 2. The number of imidazole rings is 1. The van der Waals surface area contributed by atoms with Crippen LogP contribution in [-0.4, -0.2) is 16.5 Å². The Morgan fingerprint density at radius 2 is 2.22 bits per heavy atom. The van der Waals surface area contributed by atoms with E-state index in [9.17, 15) is 0 Å². The third-order valence-electron chi connectivity index (χ3n) is 2.73. The molecule has 1 unspecified atom stereocenters. The maximum absolute atomic E-state index is 6.18. The van der Waals surface area contributed by atoms with E-state index in [4.69, 9.17) is 23.2 Å². The average molecular weight is 284 g/mol. The lowest BCUT2D eigenvalue weighted by atomic mass is 10.1. The highest BCUT2D eigenvalue weighted by Crippen LogP contribution is 2.25. The van der Waals surface area contributed by atoms with Gasteiger partial charge in [-0.15, -0.1) is 0 Å². The van der Waals surface area contributed by atoms with E-state index < -0.39 is 0 Å². The molecule has 0 fully saturated rings. The number of halogens is 2. The second kappa shape index (κ2) is 6.23. The van der Waals surface area contributed by atoms with Crippen LogP contribution in [0.25, 0.3) is 0 Å². The highest BCUT2D eigenvalue weighted by molar-refractivity contribution is 6.33. The van der Waals surface area contributed by atoms with E-state index in [0.29, 0.717) is 5.02 Å². The Morgan fingerprint density at radius 1 is 1.39 bits per heavy atom. The van der Waals surface area contributed by atoms with Crippen molar-refractivity contribution in [3.63, 3.8) is 0 Å². The van der Waals surface area contributed by atoms with Crippen molar-refractivity contribution in [3.05, 3.63) is 52.0 Å². The molecule has 1 aromatic carbocycles. The lowest BCUT2D eigenvalue weighted by Crippen LogP contribution is -2.24. The van der Waals surface area contributed by atoms with Crippen molar-refractivity contribution in [2.24, 2.45) is 0 Å². The highest BCUT2D eigenvalue weighted by Gasteiger charge is 2.15. The van der Waals surface area contributed by atoms with Gasteiger partial charge in [0.15, 0.2) is 0 Å². The van der Waals surface area contributed by atoms with Crippen molar-refractivity contribution in [2.45, 2.75) is 19.4 Å². The molecule has 0 radical (unpaired) electrons. The summed E-state index contributed by atoms with van der Waals surface area (Å²) in [6.07, 6.45) is 4.32.